The van der Waals surface area contributed by atoms with Crippen molar-refractivity contribution in [3.63, 3.8) is 0 Å². The number of thiocarbonyl (C=S) groups is 1. The van der Waals surface area contributed by atoms with Crippen LogP contribution in [0, 0.1) is 0 Å². The van der Waals surface area contributed by atoms with Gasteiger partial charge < -0.3 is 4.90 Å². The molecule has 2 aliphatic heterocycles. The molecule has 3 nitrogen and oxygen atoms in total. The first-order valence-corrected chi connectivity index (χ1v) is 10.7. The first-order chi connectivity index (χ1) is 14.3. The van der Waals surface area contributed by atoms with Crippen LogP contribution >= 0.6 is 12.2 Å². The van der Waals surface area contributed by atoms with Crippen molar-refractivity contribution in [3.05, 3.63) is 83.6 Å². The van der Waals surface area contributed by atoms with E-state index < -0.39 is 0 Å². The molecule has 152 valence electrons. The maximum absolute atomic E-state index is 4.83. The molecule has 0 radical (unpaired) electrons. The Kier molecular flexibility index (Phi) is 5.09. The number of hydrogen-bond acceptors (Lipinski definition) is 3. The van der Waals surface area contributed by atoms with E-state index in [1.54, 1.807) is 0 Å². The van der Waals surface area contributed by atoms with Crippen molar-refractivity contribution in [3.8, 4) is 0 Å². The first kappa shape index (κ1) is 20.5. The second-order valence-electron chi connectivity index (χ2n) is 8.96. The highest BCUT2D eigenvalue weighted by atomic mass is 32.1. The summed E-state index contributed by atoms with van der Waals surface area (Å²) in [6, 6.07) is 17.2. The second-order valence-corrected chi connectivity index (χ2v) is 9.14. The molecule has 0 bridgehead atoms. The van der Waals surface area contributed by atoms with E-state index in [2.05, 4.69) is 121 Å². The molecule has 4 heteroatoms. The van der Waals surface area contributed by atoms with Crippen LogP contribution in [-0.4, -0.2) is 29.2 Å². The number of isothiocyanates is 1. The third-order valence-corrected chi connectivity index (χ3v) is 6.65. The van der Waals surface area contributed by atoms with Crippen molar-refractivity contribution >= 4 is 34.5 Å². The Bertz CT molecular complexity index is 1140. The number of allylic oxidation sites excluding steroid dienone is 4. The van der Waals surface area contributed by atoms with E-state index in [1.165, 1.54) is 33.9 Å². The fraction of sp³-hybridized carbons (Fsp3) is 0.308. The highest BCUT2D eigenvalue weighted by molar-refractivity contribution is 7.78. The fourth-order valence-electron chi connectivity index (χ4n) is 4.93. The lowest BCUT2D eigenvalue weighted by Crippen LogP contribution is -2.27. The Morgan fingerprint density at radius 3 is 2.37 bits per heavy atom. The topological polar surface area (TPSA) is 18.6 Å². The van der Waals surface area contributed by atoms with Gasteiger partial charge in [-0.3, -0.25) is 0 Å². The third kappa shape index (κ3) is 3.08. The van der Waals surface area contributed by atoms with E-state index in [1.807, 2.05) is 0 Å². The zero-order valence-corrected chi connectivity index (χ0v) is 19.1. The van der Waals surface area contributed by atoms with Crippen LogP contribution in [-0.2, 0) is 10.8 Å². The summed E-state index contributed by atoms with van der Waals surface area (Å²) in [4.78, 5) is 6.47. The lowest BCUT2D eigenvalue weighted by Gasteiger charge is -2.25. The van der Waals surface area contributed by atoms with Gasteiger partial charge in [0.2, 0.25) is 5.69 Å². The van der Waals surface area contributed by atoms with Crippen LogP contribution < -0.4 is 4.90 Å². The Morgan fingerprint density at radius 1 is 1.00 bits per heavy atom. The van der Waals surface area contributed by atoms with Gasteiger partial charge in [-0.2, -0.15) is 4.58 Å². The molecule has 2 aromatic carbocycles. The highest BCUT2D eigenvalue weighted by Crippen LogP contribution is 2.47. The van der Waals surface area contributed by atoms with Crippen molar-refractivity contribution in [2.45, 2.75) is 38.5 Å². The van der Waals surface area contributed by atoms with Crippen molar-refractivity contribution in [2.75, 3.05) is 18.6 Å². The van der Waals surface area contributed by atoms with Crippen molar-refractivity contribution in [2.24, 2.45) is 4.99 Å². The molecule has 0 spiro atoms. The molecular weight excluding hydrogens is 386 g/mol. The minimum Gasteiger partial charge on any atom is -0.323 e. The van der Waals surface area contributed by atoms with Crippen LogP contribution in [0.5, 0.6) is 0 Å². The van der Waals surface area contributed by atoms with Gasteiger partial charge in [0.1, 0.15) is 13.7 Å². The zero-order chi connectivity index (χ0) is 21.5. The van der Waals surface area contributed by atoms with Crippen LogP contribution in [0.2, 0.25) is 0 Å². The number of para-hydroxylation sites is 2. The Hall–Kier alpha value is -2.81. The molecule has 0 aromatic heterocycles. The minimum absolute atomic E-state index is 0.0320. The average molecular weight is 415 g/mol. The Balaban J connectivity index is 1.74. The summed E-state index contributed by atoms with van der Waals surface area (Å²) in [5, 5.41) is 2.51. The van der Waals surface area contributed by atoms with E-state index >= 15 is 0 Å². The van der Waals surface area contributed by atoms with Gasteiger partial charge in [0, 0.05) is 34.5 Å². The summed E-state index contributed by atoms with van der Waals surface area (Å²) >= 11 is 4.83. The third-order valence-electron chi connectivity index (χ3n) is 6.52. The quantitative estimate of drug-likeness (QED) is 0.347. The zero-order valence-electron chi connectivity index (χ0n) is 18.3. The van der Waals surface area contributed by atoms with Crippen LogP contribution in [0.4, 0.5) is 11.4 Å². The predicted molar refractivity (Wildman–Crippen MR) is 129 cm³/mol. The molecule has 0 atom stereocenters. The lowest BCUT2D eigenvalue weighted by atomic mass is 9.81. The maximum atomic E-state index is 4.83. The van der Waals surface area contributed by atoms with Gasteiger partial charge in [-0.25, -0.2) is 4.99 Å². The summed E-state index contributed by atoms with van der Waals surface area (Å²) in [5.74, 6) is 0. The first-order valence-electron chi connectivity index (χ1n) is 10.3. The van der Waals surface area contributed by atoms with Crippen molar-refractivity contribution in [1.82, 2.24) is 0 Å². The monoisotopic (exact) mass is 414 g/mol. The number of hydrogen-bond donors (Lipinski definition) is 0. The predicted octanol–water partition coefficient (Wildman–Crippen LogP) is 5.99. The summed E-state index contributed by atoms with van der Waals surface area (Å²) in [6.07, 6.45) is 6.64. The number of aliphatic imine (C=N–C) groups is 1. The SMILES string of the molecule is C[N+]1=C(/C=C/C=C2\N(CN=C=S)c3ccccc3C2(C)C)C(C)(C)c2ccccc21. The van der Waals surface area contributed by atoms with Crippen LogP contribution in [0.3, 0.4) is 0 Å². The molecule has 0 N–H and O–H groups in total. The molecule has 0 aliphatic carbocycles. The normalized spacial score (nSPS) is 19.9. The molecule has 0 amide bonds. The molecule has 2 heterocycles. The molecule has 2 aliphatic rings. The second kappa shape index (κ2) is 7.46. The maximum Gasteiger partial charge on any atom is 0.209 e. The Morgan fingerprint density at radius 2 is 1.67 bits per heavy atom. The number of nitrogens with zero attached hydrogens (tertiary/aromatic N) is 3. The fourth-order valence-corrected chi connectivity index (χ4v) is 4.98. The molecule has 4 rings (SSSR count). The van der Waals surface area contributed by atoms with Crippen LogP contribution in [0.1, 0.15) is 38.8 Å². The van der Waals surface area contributed by atoms with Gasteiger partial charge in [0.25, 0.3) is 0 Å². The van der Waals surface area contributed by atoms with Crippen molar-refractivity contribution in [1.29, 1.82) is 0 Å². The Labute approximate surface area is 184 Å². The van der Waals surface area contributed by atoms with Gasteiger partial charge in [-0.15, -0.1) is 0 Å². The number of rotatable bonds is 4. The number of anilines is 1. The minimum atomic E-state index is -0.108. The van der Waals surface area contributed by atoms with Crippen LogP contribution in [0.25, 0.3) is 0 Å². The van der Waals surface area contributed by atoms with E-state index in [-0.39, 0.29) is 10.8 Å². The number of fused-ring (bicyclic) bond motifs is 2. The summed E-state index contributed by atoms with van der Waals surface area (Å²) in [5.41, 5.74) is 7.50. The smallest absolute Gasteiger partial charge is 0.209 e. The largest absolute Gasteiger partial charge is 0.323 e. The van der Waals surface area contributed by atoms with Gasteiger partial charge in [0.05, 0.1) is 10.6 Å². The van der Waals surface area contributed by atoms with Gasteiger partial charge >= 0.3 is 0 Å². The van der Waals surface area contributed by atoms with E-state index in [4.69, 9.17) is 12.2 Å². The van der Waals surface area contributed by atoms with Gasteiger partial charge in [-0.1, -0.05) is 56.3 Å². The summed E-state index contributed by atoms with van der Waals surface area (Å²) < 4.78 is 2.30. The van der Waals surface area contributed by atoms with E-state index in [0.717, 1.165) is 0 Å². The average Bonchev–Trinajstić information content (AvgIpc) is 3.06. The molecule has 0 fully saturated rings. The van der Waals surface area contributed by atoms with Gasteiger partial charge in [-0.05, 0) is 43.8 Å². The molecule has 2 aromatic rings. The molecular formula is C26H28N3S+. The lowest BCUT2D eigenvalue weighted by molar-refractivity contribution is -0.401. The van der Waals surface area contributed by atoms with E-state index in [0.29, 0.717) is 6.67 Å². The van der Waals surface area contributed by atoms with Gasteiger partial charge in [0.15, 0.2) is 5.71 Å². The highest BCUT2D eigenvalue weighted by Gasteiger charge is 2.43. The van der Waals surface area contributed by atoms with E-state index in [9.17, 15) is 0 Å². The summed E-state index contributed by atoms with van der Waals surface area (Å²) in [6.45, 7) is 9.59. The standard InChI is InChI=1S/C26H28N3S/c1-25(2)19-11-6-8-13-21(19)28(5)23(25)15-10-16-24-26(3,4)20-12-7-9-14-22(20)29(24)17-27-18-30/h6-16H,17H2,1-5H3/q+1. The molecule has 0 saturated heterocycles. The summed E-state index contributed by atoms with van der Waals surface area (Å²) in [7, 11) is 2.15. The number of benzene rings is 2. The molecule has 0 saturated carbocycles. The molecule has 30 heavy (non-hydrogen) atoms. The van der Waals surface area contributed by atoms with Crippen LogP contribution in [0.15, 0.2) is 77.4 Å². The molecule has 0 unspecified atom stereocenters. The van der Waals surface area contributed by atoms with Crippen molar-refractivity contribution < 1.29 is 4.58 Å².